The molecule has 2 aliphatic carbocycles. The van der Waals surface area contributed by atoms with Crippen LogP contribution in [0.5, 0.6) is 0 Å². The first-order valence-corrected chi connectivity index (χ1v) is 15.6. The number of carbonyl (C=O) groups is 2. The van der Waals surface area contributed by atoms with Crippen molar-refractivity contribution in [3.05, 3.63) is 44.4 Å². The molecule has 3 aliphatic heterocycles. The number of carbonyl (C=O) groups excluding carboxylic acids is 2. The van der Waals surface area contributed by atoms with Gasteiger partial charge < -0.3 is 15.0 Å². The maximum atomic E-state index is 14.1. The van der Waals surface area contributed by atoms with E-state index in [1.54, 1.807) is 24.3 Å². The second-order valence-corrected chi connectivity index (χ2v) is 13.8. The van der Waals surface area contributed by atoms with Crippen molar-refractivity contribution >= 4 is 44.7 Å². The van der Waals surface area contributed by atoms with Crippen LogP contribution in [0.2, 0.25) is 0 Å². The Morgan fingerprint density at radius 1 is 1.19 bits per heavy atom. The van der Waals surface area contributed by atoms with Gasteiger partial charge >= 0.3 is 0 Å². The van der Waals surface area contributed by atoms with E-state index in [9.17, 15) is 23.2 Å². The molecule has 1 spiro atoms. The molecule has 0 aromatic carbocycles. The molecule has 3 fully saturated rings. The van der Waals surface area contributed by atoms with Crippen molar-refractivity contribution in [3.63, 3.8) is 0 Å². The van der Waals surface area contributed by atoms with Crippen LogP contribution in [0.1, 0.15) is 71.4 Å². The smallest absolute Gasteiger partial charge is 0.275 e. The zero-order chi connectivity index (χ0) is 29.0. The first-order valence-electron chi connectivity index (χ1n) is 14.7. The van der Waals surface area contributed by atoms with E-state index in [0.29, 0.717) is 43.1 Å². The number of halogens is 2. The van der Waals surface area contributed by atoms with Crippen LogP contribution in [0, 0.1) is 12.8 Å². The number of ketones is 1. The molecule has 3 aromatic heterocycles. The Morgan fingerprint density at radius 3 is 2.74 bits per heavy atom. The van der Waals surface area contributed by atoms with Gasteiger partial charge in [0.15, 0.2) is 5.78 Å². The number of thiophene rings is 1. The fourth-order valence-electron chi connectivity index (χ4n) is 8.02. The van der Waals surface area contributed by atoms with Gasteiger partial charge in [-0.15, -0.1) is 11.3 Å². The van der Waals surface area contributed by atoms with Gasteiger partial charge in [-0.3, -0.25) is 19.0 Å². The molecule has 12 heteroatoms. The van der Waals surface area contributed by atoms with E-state index in [1.807, 2.05) is 4.90 Å². The number of morpholine rings is 1. The molecular formula is C30H31F2N5O4S. The number of pyridine rings is 1. The summed E-state index contributed by atoms with van der Waals surface area (Å²) in [6, 6.07) is 1.86. The van der Waals surface area contributed by atoms with Crippen LogP contribution in [-0.4, -0.2) is 62.3 Å². The molecule has 3 atom stereocenters. The number of hydrogen-bond donors (Lipinski definition) is 1. The Balaban J connectivity index is 1.12. The second-order valence-electron chi connectivity index (χ2n) is 12.7. The van der Waals surface area contributed by atoms with Crippen molar-refractivity contribution in [1.29, 1.82) is 0 Å². The van der Waals surface area contributed by atoms with Crippen molar-refractivity contribution in [3.8, 4) is 0 Å². The van der Waals surface area contributed by atoms with Gasteiger partial charge in [-0.1, -0.05) is 0 Å². The van der Waals surface area contributed by atoms with Gasteiger partial charge in [-0.05, 0) is 62.6 Å². The van der Waals surface area contributed by atoms with E-state index >= 15 is 0 Å². The maximum absolute atomic E-state index is 14.1. The number of ether oxygens (including phenoxy) is 1. The average Bonchev–Trinajstić information content (AvgIpc) is 3.74. The first kappa shape index (κ1) is 26.4. The number of hydrogen-bond acceptors (Lipinski definition) is 8. The van der Waals surface area contributed by atoms with Crippen LogP contribution in [-0.2, 0) is 27.9 Å². The van der Waals surface area contributed by atoms with E-state index in [-0.39, 0.29) is 67.5 Å². The highest BCUT2D eigenvalue weighted by Crippen LogP contribution is 2.48. The predicted molar refractivity (Wildman–Crippen MR) is 152 cm³/mol. The van der Waals surface area contributed by atoms with E-state index in [1.165, 1.54) is 10.9 Å². The highest BCUT2D eigenvalue weighted by molar-refractivity contribution is 7.19. The van der Waals surface area contributed by atoms with Crippen LogP contribution < -0.4 is 10.9 Å². The molecule has 1 saturated carbocycles. The third-order valence-electron chi connectivity index (χ3n) is 10.2. The van der Waals surface area contributed by atoms with Crippen molar-refractivity contribution in [2.24, 2.45) is 5.92 Å². The molecular weight excluding hydrogens is 564 g/mol. The lowest BCUT2D eigenvalue weighted by atomic mass is 9.78. The summed E-state index contributed by atoms with van der Waals surface area (Å²) >= 11 is 1.56. The number of anilines is 2. The van der Waals surface area contributed by atoms with Gasteiger partial charge in [-0.25, -0.2) is 18.7 Å². The normalized spacial score (nSPS) is 27.1. The number of fused-ring (bicyclic) bond motifs is 7. The molecule has 8 rings (SSSR count). The lowest BCUT2D eigenvalue weighted by Gasteiger charge is -2.38. The number of nitrogens with zero attached hydrogens (tertiary/aromatic N) is 4. The van der Waals surface area contributed by atoms with Crippen molar-refractivity contribution in [2.45, 2.75) is 88.3 Å². The minimum Gasteiger partial charge on any atom is -0.374 e. The van der Waals surface area contributed by atoms with E-state index in [4.69, 9.17) is 4.74 Å². The predicted octanol–water partition coefficient (Wildman–Crippen LogP) is 4.50. The molecule has 5 aliphatic rings. The van der Waals surface area contributed by atoms with Crippen LogP contribution in [0.15, 0.2) is 17.2 Å². The van der Waals surface area contributed by atoms with E-state index < -0.39 is 17.0 Å². The SMILES string of the molecule is Cc1cc(Nc2ncnc3sc4c(c23)CC[C@H](C(=O)N2C[C@H]3C[C@@H]2CO3)C4)c(=O)n2c1C(=O)CC21CCC(F)(F)CC1. The Morgan fingerprint density at radius 2 is 2.00 bits per heavy atom. The minimum absolute atomic E-state index is 0.0736. The van der Waals surface area contributed by atoms with Crippen molar-refractivity contribution < 1.29 is 23.1 Å². The summed E-state index contributed by atoms with van der Waals surface area (Å²) in [5, 5.41) is 4.10. The maximum Gasteiger partial charge on any atom is 0.275 e. The number of rotatable bonds is 3. The summed E-state index contributed by atoms with van der Waals surface area (Å²) in [6.45, 7) is 3.10. The molecule has 3 aromatic rings. The van der Waals surface area contributed by atoms with Gasteiger partial charge in [0.1, 0.15) is 22.7 Å². The lowest BCUT2D eigenvalue weighted by Crippen LogP contribution is -2.45. The van der Waals surface area contributed by atoms with Crippen LogP contribution in [0.25, 0.3) is 10.2 Å². The number of likely N-dealkylation sites (tertiary alicyclic amines) is 1. The summed E-state index contributed by atoms with van der Waals surface area (Å²) < 4.78 is 35.3. The Labute approximate surface area is 244 Å². The number of amides is 1. The summed E-state index contributed by atoms with van der Waals surface area (Å²) in [4.78, 5) is 53.3. The van der Waals surface area contributed by atoms with Crippen LogP contribution in [0.4, 0.5) is 20.3 Å². The highest BCUT2D eigenvalue weighted by Gasteiger charge is 2.51. The van der Waals surface area contributed by atoms with E-state index in [2.05, 4.69) is 15.3 Å². The lowest BCUT2D eigenvalue weighted by molar-refractivity contribution is -0.140. The van der Waals surface area contributed by atoms with Gasteiger partial charge in [0, 0.05) is 36.6 Å². The topological polar surface area (TPSA) is 106 Å². The number of aromatic nitrogens is 3. The molecule has 9 nitrogen and oxygen atoms in total. The average molecular weight is 596 g/mol. The summed E-state index contributed by atoms with van der Waals surface area (Å²) in [6.07, 6.45) is 4.22. The quantitative estimate of drug-likeness (QED) is 0.475. The van der Waals surface area contributed by atoms with Gasteiger partial charge in [0.2, 0.25) is 11.8 Å². The highest BCUT2D eigenvalue weighted by atomic mass is 32.1. The fraction of sp³-hybridized carbons (Fsp3) is 0.567. The second kappa shape index (κ2) is 9.12. The van der Waals surface area contributed by atoms with Gasteiger partial charge in [0.05, 0.1) is 35.4 Å². The number of Topliss-reactive ketones (excluding diaryl/α,β-unsaturated/α-hetero) is 1. The molecule has 2 saturated heterocycles. The largest absolute Gasteiger partial charge is 0.374 e. The molecule has 0 radical (unpaired) electrons. The number of nitrogens with one attached hydrogen (secondary N) is 1. The first-order chi connectivity index (χ1) is 20.1. The van der Waals surface area contributed by atoms with Crippen molar-refractivity contribution in [1.82, 2.24) is 19.4 Å². The third-order valence-corrected chi connectivity index (χ3v) is 11.3. The van der Waals surface area contributed by atoms with Gasteiger partial charge in [-0.2, -0.15) is 0 Å². The molecule has 1 amide bonds. The number of aryl methyl sites for hydroxylation is 2. The molecule has 2 bridgehead atoms. The fourth-order valence-corrected chi connectivity index (χ4v) is 9.29. The molecule has 1 N–H and O–H groups in total. The Hall–Kier alpha value is -3.25. The molecule has 42 heavy (non-hydrogen) atoms. The summed E-state index contributed by atoms with van der Waals surface area (Å²) in [5.74, 6) is -2.31. The van der Waals surface area contributed by atoms with Crippen molar-refractivity contribution in [2.75, 3.05) is 18.5 Å². The van der Waals surface area contributed by atoms with Crippen LogP contribution in [0.3, 0.4) is 0 Å². The Bertz CT molecular complexity index is 1720. The monoisotopic (exact) mass is 595 g/mol. The molecule has 220 valence electrons. The minimum atomic E-state index is -2.78. The molecule has 6 heterocycles. The standard InChI is InChI=1S/C30H31F2N5O4S/c1-15-8-20(28(40)37-24(15)21(38)11-29(37)4-6-30(31,32)7-5-29)35-25-23-19-3-2-16(9-22(19)42-26(23)34-14-33-25)27(39)36-12-18-10-17(36)13-41-18/h8,14,16-18H,2-7,9-13H2,1H3,(H,33,34,35)/t16-,17+,18+/m0/s1. The van der Waals surface area contributed by atoms with Crippen LogP contribution >= 0.6 is 11.3 Å². The zero-order valence-electron chi connectivity index (χ0n) is 23.3. The van der Waals surface area contributed by atoms with Gasteiger partial charge in [0.25, 0.3) is 5.56 Å². The summed E-state index contributed by atoms with van der Waals surface area (Å²) in [7, 11) is 0. The number of alkyl halides is 2. The third kappa shape index (κ3) is 3.90. The Kier molecular flexibility index (Phi) is 5.73. The summed E-state index contributed by atoms with van der Waals surface area (Å²) in [5.41, 5.74) is 1.02. The molecule has 0 unspecified atom stereocenters. The van der Waals surface area contributed by atoms with E-state index in [0.717, 1.165) is 33.5 Å². The zero-order valence-corrected chi connectivity index (χ0v) is 24.1.